The van der Waals surface area contributed by atoms with Gasteiger partial charge in [0.25, 0.3) is 0 Å². The van der Waals surface area contributed by atoms with Crippen LogP contribution in [0, 0.1) is 11.8 Å². The van der Waals surface area contributed by atoms with Crippen LogP contribution in [0.4, 0.5) is 0 Å². The first kappa shape index (κ1) is 22.2. The van der Waals surface area contributed by atoms with Crippen LogP contribution in [-0.4, -0.2) is 56.9 Å². The Labute approximate surface area is 155 Å². The summed E-state index contributed by atoms with van der Waals surface area (Å²) >= 11 is 0. The second kappa shape index (κ2) is 12.5. The Morgan fingerprint density at radius 1 is 1.31 bits per heavy atom. The zero-order valence-corrected chi connectivity index (χ0v) is 15.6. The normalized spacial score (nSPS) is 19.9. The summed E-state index contributed by atoms with van der Waals surface area (Å²) in [6, 6.07) is -0.0593. The van der Waals surface area contributed by atoms with Gasteiger partial charge in [0.15, 0.2) is 0 Å². The van der Waals surface area contributed by atoms with Gasteiger partial charge >= 0.3 is 5.97 Å². The van der Waals surface area contributed by atoms with Gasteiger partial charge in [-0.2, -0.15) is 0 Å². The van der Waals surface area contributed by atoms with E-state index in [0.29, 0.717) is 38.6 Å². The van der Waals surface area contributed by atoms with Gasteiger partial charge in [-0.1, -0.05) is 18.1 Å². The predicted octanol–water partition coefficient (Wildman–Crippen LogP) is 2.09. The first-order valence-corrected chi connectivity index (χ1v) is 9.41. The molecule has 3 atom stereocenters. The van der Waals surface area contributed by atoms with Crippen LogP contribution < -0.4 is 0 Å². The average Bonchev–Trinajstić information content (AvgIpc) is 2.57. The van der Waals surface area contributed by atoms with Crippen molar-refractivity contribution in [3.8, 4) is 11.8 Å². The van der Waals surface area contributed by atoms with E-state index in [1.54, 1.807) is 17.9 Å². The molecule has 0 aliphatic carbocycles. The molecule has 1 aliphatic heterocycles. The number of hydrogen-bond acceptors (Lipinski definition) is 4. The molecule has 6 heteroatoms. The van der Waals surface area contributed by atoms with Crippen LogP contribution in [0.15, 0.2) is 12.2 Å². The fraction of sp³-hybridized carbons (Fsp3) is 0.700. The number of aliphatic hydroxyl groups is 2. The van der Waals surface area contributed by atoms with Gasteiger partial charge in [0.05, 0.1) is 24.8 Å². The lowest BCUT2D eigenvalue weighted by molar-refractivity contribution is -0.137. The van der Waals surface area contributed by atoms with E-state index in [9.17, 15) is 19.8 Å². The molecule has 0 saturated carbocycles. The van der Waals surface area contributed by atoms with Crippen LogP contribution in [0.2, 0.25) is 0 Å². The summed E-state index contributed by atoms with van der Waals surface area (Å²) < 4.78 is 0. The number of carbonyl (C=O) groups excluding carboxylic acids is 1. The molecule has 3 N–H and O–H groups in total. The lowest BCUT2D eigenvalue weighted by Gasteiger charge is -2.32. The fourth-order valence-corrected chi connectivity index (χ4v) is 2.88. The van der Waals surface area contributed by atoms with E-state index >= 15 is 0 Å². The number of aliphatic hydroxyl groups excluding tert-OH is 2. The maximum Gasteiger partial charge on any atom is 0.303 e. The van der Waals surface area contributed by atoms with E-state index in [4.69, 9.17) is 5.11 Å². The van der Waals surface area contributed by atoms with E-state index in [1.165, 1.54) is 0 Å². The minimum Gasteiger partial charge on any atom is -0.481 e. The SMILES string of the molecule is CC(O)CCCC(O)/C=C/[C@H]1CCCC(=O)N1CC#CCCCC(=O)O. The van der Waals surface area contributed by atoms with E-state index < -0.39 is 12.1 Å². The van der Waals surface area contributed by atoms with Crippen molar-refractivity contribution in [3.05, 3.63) is 12.2 Å². The van der Waals surface area contributed by atoms with Crippen molar-refractivity contribution in [1.82, 2.24) is 4.90 Å². The Kier molecular flexibility index (Phi) is 10.7. The molecule has 0 bridgehead atoms. The average molecular weight is 365 g/mol. The Morgan fingerprint density at radius 2 is 2.08 bits per heavy atom. The number of aliphatic carboxylic acids is 1. The summed E-state index contributed by atoms with van der Waals surface area (Å²) in [4.78, 5) is 24.3. The zero-order chi connectivity index (χ0) is 19.4. The lowest BCUT2D eigenvalue weighted by Crippen LogP contribution is -2.42. The summed E-state index contributed by atoms with van der Waals surface area (Å²) in [5.41, 5.74) is 0. The smallest absolute Gasteiger partial charge is 0.303 e. The Bertz CT molecular complexity index is 532. The van der Waals surface area contributed by atoms with Gasteiger partial charge in [-0.15, -0.1) is 5.92 Å². The number of likely N-dealkylation sites (tertiary alicyclic amines) is 1. The number of piperidine rings is 1. The predicted molar refractivity (Wildman–Crippen MR) is 99.3 cm³/mol. The summed E-state index contributed by atoms with van der Waals surface area (Å²) in [7, 11) is 0. The Morgan fingerprint density at radius 3 is 2.77 bits per heavy atom. The summed E-state index contributed by atoms with van der Waals surface area (Å²) in [6.07, 6.45) is 8.01. The number of carboxylic acid groups (broad SMARTS) is 1. The van der Waals surface area contributed by atoms with Gasteiger partial charge in [-0.05, 0) is 45.4 Å². The van der Waals surface area contributed by atoms with Crippen molar-refractivity contribution in [3.63, 3.8) is 0 Å². The van der Waals surface area contributed by atoms with Gasteiger partial charge in [-0.25, -0.2) is 0 Å². The second-order valence-corrected chi connectivity index (χ2v) is 6.81. The molecule has 1 fully saturated rings. The molecule has 0 aromatic rings. The van der Waals surface area contributed by atoms with Crippen molar-refractivity contribution >= 4 is 11.9 Å². The standard InChI is InChI=1S/C20H31NO5/c1-16(22)8-6-10-18(23)14-13-17-9-7-11-19(24)21(17)15-5-3-2-4-12-20(25)26/h13-14,16-18,22-23H,2,4,6-12,15H2,1H3,(H,25,26)/b14-13+/t16?,17-,18?/m1/s1. The third-order valence-electron chi connectivity index (χ3n) is 4.36. The molecule has 0 aromatic heterocycles. The number of carboxylic acids is 1. The van der Waals surface area contributed by atoms with E-state index in [1.807, 2.05) is 6.08 Å². The van der Waals surface area contributed by atoms with Crippen molar-refractivity contribution in [2.45, 2.75) is 83.0 Å². The number of carbonyl (C=O) groups is 2. The van der Waals surface area contributed by atoms with Crippen molar-refractivity contribution < 1.29 is 24.9 Å². The Hall–Kier alpha value is -1.84. The van der Waals surface area contributed by atoms with Crippen LogP contribution >= 0.6 is 0 Å². The summed E-state index contributed by atoms with van der Waals surface area (Å²) in [5, 5.41) is 27.8. The molecule has 2 unspecified atom stereocenters. The third-order valence-corrected chi connectivity index (χ3v) is 4.36. The topological polar surface area (TPSA) is 98.1 Å². The molecule has 0 spiro atoms. The maximum absolute atomic E-state index is 12.2. The number of unbranched alkanes of at least 4 members (excludes halogenated alkanes) is 1. The lowest BCUT2D eigenvalue weighted by atomic mass is 10.00. The van der Waals surface area contributed by atoms with Gasteiger partial charge < -0.3 is 20.2 Å². The first-order valence-electron chi connectivity index (χ1n) is 9.41. The molecule has 1 saturated heterocycles. The molecule has 1 rings (SSSR count). The number of amides is 1. The minimum atomic E-state index is -0.824. The molecule has 6 nitrogen and oxygen atoms in total. The monoisotopic (exact) mass is 365 g/mol. The number of rotatable bonds is 10. The Balaban J connectivity index is 2.48. The van der Waals surface area contributed by atoms with Crippen molar-refractivity contribution in [1.29, 1.82) is 0 Å². The first-order chi connectivity index (χ1) is 12.4. The van der Waals surface area contributed by atoms with Gasteiger partial charge in [0, 0.05) is 19.3 Å². The highest BCUT2D eigenvalue weighted by Gasteiger charge is 2.25. The van der Waals surface area contributed by atoms with Gasteiger partial charge in [-0.3, -0.25) is 9.59 Å². The molecule has 0 radical (unpaired) electrons. The number of hydrogen-bond donors (Lipinski definition) is 3. The highest BCUT2D eigenvalue weighted by molar-refractivity contribution is 5.77. The van der Waals surface area contributed by atoms with Crippen LogP contribution in [0.5, 0.6) is 0 Å². The highest BCUT2D eigenvalue weighted by Crippen LogP contribution is 2.19. The van der Waals surface area contributed by atoms with E-state index in [-0.39, 0.29) is 24.5 Å². The summed E-state index contributed by atoms with van der Waals surface area (Å²) in [5.74, 6) is 5.13. The molecular weight excluding hydrogens is 334 g/mol. The van der Waals surface area contributed by atoms with Crippen LogP contribution in [0.3, 0.4) is 0 Å². The van der Waals surface area contributed by atoms with Crippen molar-refractivity contribution in [2.75, 3.05) is 6.54 Å². The molecule has 26 heavy (non-hydrogen) atoms. The van der Waals surface area contributed by atoms with E-state index in [0.717, 1.165) is 19.3 Å². The van der Waals surface area contributed by atoms with Crippen LogP contribution in [-0.2, 0) is 9.59 Å². The second-order valence-electron chi connectivity index (χ2n) is 6.81. The highest BCUT2D eigenvalue weighted by atomic mass is 16.4. The fourth-order valence-electron chi connectivity index (χ4n) is 2.88. The van der Waals surface area contributed by atoms with Gasteiger partial charge in [0.1, 0.15) is 0 Å². The van der Waals surface area contributed by atoms with Gasteiger partial charge in [0.2, 0.25) is 5.91 Å². The molecule has 146 valence electrons. The van der Waals surface area contributed by atoms with Crippen LogP contribution in [0.1, 0.15) is 64.7 Å². The van der Waals surface area contributed by atoms with Crippen LogP contribution in [0.25, 0.3) is 0 Å². The zero-order valence-electron chi connectivity index (χ0n) is 15.6. The molecular formula is C20H31NO5. The molecule has 1 amide bonds. The molecule has 1 aliphatic rings. The molecule has 0 aromatic carbocycles. The number of nitrogens with zero attached hydrogens (tertiary/aromatic N) is 1. The maximum atomic E-state index is 12.2. The van der Waals surface area contributed by atoms with E-state index in [2.05, 4.69) is 11.8 Å². The quantitative estimate of drug-likeness (QED) is 0.313. The molecule has 1 heterocycles. The van der Waals surface area contributed by atoms with Crippen molar-refractivity contribution in [2.24, 2.45) is 0 Å². The minimum absolute atomic E-state index is 0.0593. The largest absolute Gasteiger partial charge is 0.481 e. The summed E-state index contributed by atoms with van der Waals surface area (Å²) in [6.45, 7) is 2.06. The third kappa shape index (κ3) is 9.59.